The summed E-state index contributed by atoms with van der Waals surface area (Å²) in [7, 11) is 0. The van der Waals surface area contributed by atoms with Crippen molar-refractivity contribution in [2.45, 2.75) is 31.8 Å². The van der Waals surface area contributed by atoms with E-state index in [-0.39, 0.29) is 24.8 Å². The lowest BCUT2D eigenvalue weighted by Gasteiger charge is -2.31. The minimum absolute atomic E-state index is 0.0972. The molecule has 38 heavy (non-hydrogen) atoms. The van der Waals surface area contributed by atoms with E-state index >= 15 is 0 Å². The smallest absolute Gasteiger partial charge is 0.353 e. The Labute approximate surface area is 229 Å². The average Bonchev–Trinajstić information content (AvgIpc) is 3.40. The second-order valence-corrected chi connectivity index (χ2v) is 10.1. The number of hydrogen-bond donors (Lipinski definition) is 0. The molecule has 0 fully saturated rings. The van der Waals surface area contributed by atoms with Gasteiger partial charge in [-0.25, -0.2) is 4.79 Å². The molecule has 0 radical (unpaired) electrons. The number of para-hydroxylation sites is 1. The predicted octanol–water partition coefficient (Wildman–Crippen LogP) is 5.17. The minimum Gasteiger partial charge on any atom is -0.465 e. The van der Waals surface area contributed by atoms with Gasteiger partial charge in [0.15, 0.2) is 5.54 Å². The number of ether oxygens (including phenoxy) is 2. The van der Waals surface area contributed by atoms with Crippen LogP contribution in [-0.2, 0) is 35.9 Å². The summed E-state index contributed by atoms with van der Waals surface area (Å²) in [5.41, 5.74) is 1.31. The highest BCUT2D eigenvalue weighted by Crippen LogP contribution is 2.58. The quantitative estimate of drug-likeness (QED) is 0.363. The third-order valence-corrected chi connectivity index (χ3v) is 7.46. The van der Waals surface area contributed by atoms with Gasteiger partial charge in [0, 0.05) is 16.0 Å². The normalized spacial score (nSPS) is 21.8. The molecule has 3 aromatic carbocycles. The first-order valence-electron chi connectivity index (χ1n) is 12.6. The highest BCUT2D eigenvalue weighted by molar-refractivity contribution is 9.10. The summed E-state index contributed by atoms with van der Waals surface area (Å²) in [5, 5.41) is 0. The Morgan fingerprint density at radius 1 is 0.947 bits per heavy atom. The van der Waals surface area contributed by atoms with Gasteiger partial charge in [0.1, 0.15) is 11.6 Å². The molecule has 0 saturated heterocycles. The molecule has 1 amide bonds. The second kappa shape index (κ2) is 10.5. The first-order chi connectivity index (χ1) is 18.4. The van der Waals surface area contributed by atoms with Gasteiger partial charge in [-0.05, 0) is 43.2 Å². The molecule has 8 heteroatoms. The maximum Gasteiger partial charge on any atom is 0.353 e. The van der Waals surface area contributed by atoms with Gasteiger partial charge in [0.2, 0.25) is 0 Å². The van der Waals surface area contributed by atoms with Crippen molar-refractivity contribution in [2.75, 3.05) is 18.1 Å². The van der Waals surface area contributed by atoms with E-state index < -0.39 is 29.3 Å². The van der Waals surface area contributed by atoms with Gasteiger partial charge in [0.05, 0.1) is 25.4 Å². The number of nitrogens with zero attached hydrogens (tertiary/aromatic N) is 2. The van der Waals surface area contributed by atoms with Crippen LogP contribution in [0.4, 0.5) is 5.69 Å². The molecule has 1 spiro atoms. The number of carbonyl (C=O) groups excluding carboxylic acids is 3. The van der Waals surface area contributed by atoms with Crippen LogP contribution in [0.2, 0.25) is 0 Å². The number of hydrogen-bond acceptors (Lipinski definition) is 6. The van der Waals surface area contributed by atoms with E-state index in [1.54, 1.807) is 18.7 Å². The Kier molecular flexibility index (Phi) is 7.17. The van der Waals surface area contributed by atoms with Crippen molar-refractivity contribution in [1.82, 2.24) is 0 Å². The average molecular weight is 575 g/mol. The molecule has 5 rings (SSSR count). The maximum absolute atomic E-state index is 14.6. The van der Waals surface area contributed by atoms with Gasteiger partial charge >= 0.3 is 11.9 Å². The molecule has 2 aliphatic rings. The van der Waals surface area contributed by atoms with Crippen LogP contribution >= 0.6 is 15.9 Å². The van der Waals surface area contributed by atoms with E-state index in [0.29, 0.717) is 23.4 Å². The van der Waals surface area contributed by atoms with Crippen LogP contribution in [-0.4, -0.2) is 36.8 Å². The molecule has 3 unspecified atom stereocenters. The lowest BCUT2D eigenvalue weighted by atomic mass is 9.71. The van der Waals surface area contributed by atoms with Crippen LogP contribution in [0.3, 0.4) is 0 Å². The first kappa shape index (κ1) is 25.9. The van der Waals surface area contributed by atoms with Crippen LogP contribution in [0.5, 0.6) is 0 Å². The van der Waals surface area contributed by atoms with Crippen LogP contribution in [0.15, 0.2) is 88.3 Å². The molecule has 0 saturated carbocycles. The van der Waals surface area contributed by atoms with E-state index in [9.17, 15) is 14.4 Å². The fraction of sp³-hybridized carbons (Fsp3) is 0.267. The van der Waals surface area contributed by atoms with Gasteiger partial charge in [0.25, 0.3) is 5.91 Å². The Balaban J connectivity index is 1.76. The number of halogens is 1. The Bertz CT molecular complexity index is 1420. The van der Waals surface area contributed by atoms with Gasteiger partial charge in [-0.1, -0.05) is 76.6 Å². The number of fused-ring (bicyclic) bond motifs is 2. The number of aliphatic imine (C=N–C) groups is 1. The SMILES string of the molecule is CCOC(=O)C1=NC2(C(=O)N(Cc3ccccc3)c3ccccc32)C(c2cccc(Br)c2)C1C(=O)OCC. The third-order valence-electron chi connectivity index (χ3n) is 6.97. The summed E-state index contributed by atoms with van der Waals surface area (Å²) in [4.78, 5) is 47.9. The van der Waals surface area contributed by atoms with E-state index in [1.807, 2.05) is 78.9 Å². The fourth-order valence-electron chi connectivity index (χ4n) is 5.51. The lowest BCUT2D eigenvalue weighted by molar-refractivity contribution is -0.148. The second-order valence-electron chi connectivity index (χ2n) is 9.14. The molecule has 7 nitrogen and oxygen atoms in total. The molecule has 3 aromatic rings. The van der Waals surface area contributed by atoms with Crippen molar-refractivity contribution < 1.29 is 23.9 Å². The zero-order valence-electron chi connectivity index (χ0n) is 21.1. The molecule has 2 aliphatic heterocycles. The van der Waals surface area contributed by atoms with Crippen molar-refractivity contribution >= 4 is 45.2 Å². The van der Waals surface area contributed by atoms with Gasteiger partial charge in [-0.2, -0.15) is 0 Å². The van der Waals surface area contributed by atoms with Crippen molar-refractivity contribution in [3.63, 3.8) is 0 Å². The summed E-state index contributed by atoms with van der Waals surface area (Å²) in [6, 6.07) is 24.5. The number of rotatable bonds is 7. The molecule has 0 N–H and O–H groups in total. The number of anilines is 1. The Morgan fingerprint density at radius 3 is 2.37 bits per heavy atom. The van der Waals surface area contributed by atoms with Crippen LogP contribution < -0.4 is 4.90 Å². The van der Waals surface area contributed by atoms with E-state index in [0.717, 1.165) is 10.0 Å². The fourth-order valence-corrected chi connectivity index (χ4v) is 5.93. The highest BCUT2D eigenvalue weighted by atomic mass is 79.9. The highest BCUT2D eigenvalue weighted by Gasteiger charge is 2.65. The number of esters is 2. The summed E-state index contributed by atoms with van der Waals surface area (Å²) >= 11 is 3.53. The van der Waals surface area contributed by atoms with Gasteiger partial charge in [-0.3, -0.25) is 14.6 Å². The summed E-state index contributed by atoms with van der Waals surface area (Å²) in [6.45, 7) is 3.93. The van der Waals surface area contributed by atoms with Crippen LogP contribution in [0, 0.1) is 5.92 Å². The number of benzene rings is 3. The van der Waals surface area contributed by atoms with E-state index in [4.69, 9.17) is 14.5 Å². The first-order valence-corrected chi connectivity index (χ1v) is 13.4. The van der Waals surface area contributed by atoms with Crippen LogP contribution in [0.1, 0.15) is 36.5 Å². The maximum atomic E-state index is 14.6. The van der Waals surface area contributed by atoms with Gasteiger partial charge in [-0.15, -0.1) is 0 Å². The van der Waals surface area contributed by atoms with Gasteiger partial charge < -0.3 is 14.4 Å². The summed E-state index contributed by atoms with van der Waals surface area (Å²) < 4.78 is 11.6. The zero-order valence-corrected chi connectivity index (χ0v) is 22.7. The van der Waals surface area contributed by atoms with Crippen LogP contribution in [0.25, 0.3) is 0 Å². The number of amides is 1. The monoisotopic (exact) mass is 574 g/mol. The number of carbonyl (C=O) groups is 3. The molecule has 0 bridgehead atoms. The molecule has 2 heterocycles. The molecule has 0 aromatic heterocycles. The van der Waals surface area contributed by atoms with E-state index in [2.05, 4.69) is 15.9 Å². The predicted molar refractivity (Wildman–Crippen MR) is 147 cm³/mol. The van der Waals surface area contributed by atoms with E-state index in [1.165, 1.54) is 0 Å². The third kappa shape index (κ3) is 4.22. The molecular weight excluding hydrogens is 548 g/mol. The minimum atomic E-state index is -1.55. The molecular formula is C30H27BrN2O5. The zero-order chi connectivity index (χ0) is 26.9. The van der Waals surface area contributed by atoms with Crippen molar-refractivity contribution in [2.24, 2.45) is 10.9 Å². The van der Waals surface area contributed by atoms with Crippen molar-refractivity contribution in [1.29, 1.82) is 0 Å². The molecule has 0 aliphatic carbocycles. The topological polar surface area (TPSA) is 85.3 Å². The Morgan fingerprint density at radius 2 is 1.66 bits per heavy atom. The summed E-state index contributed by atoms with van der Waals surface area (Å²) in [6.07, 6.45) is 0. The molecule has 194 valence electrons. The molecule has 3 atom stereocenters. The van der Waals surface area contributed by atoms with Crippen molar-refractivity contribution in [3.8, 4) is 0 Å². The summed E-state index contributed by atoms with van der Waals surface area (Å²) in [5.74, 6) is -3.60. The van der Waals surface area contributed by atoms with Crippen molar-refractivity contribution in [3.05, 3.63) is 100 Å². The largest absolute Gasteiger partial charge is 0.465 e. The standard InChI is InChI=1S/C30H27BrN2O5/c1-3-37-27(34)24-25(20-13-10-14-21(31)17-20)30(32-26(24)28(35)38-4-2)22-15-8-9-16-23(22)33(29(30)36)18-19-11-6-5-7-12-19/h5-17,24-25H,3-4,18H2,1-2H3. The lowest BCUT2D eigenvalue weighted by Crippen LogP contribution is -2.44. The Hall–Kier alpha value is -3.78.